The Labute approximate surface area is 79.6 Å². The van der Waals surface area contributed by atoms with E-state index in [9.17, 15) is 9.36 Å². The molecule has 2 unspecified atom stereocenters. The minimum atomic E-state index is -1.72. The Kier molecular flexibility index (Phi) is 5.11. The molecule has 4 nitrogen and oxygen atoms in total. The minimum absolute atomic E-state index is 0.269. The summed E-state index contributed by atoms with van der Waals surface area (Å²) in [4.78, 5) is 11.4. The quantitative estimate of drug-likeness (QED) is 0.546. The Hall–Kier alpha value is -0.470. The summed E-state index contributed by atoms with van der Waals surface area (Å²) in [6.45, 7) is 5.45. The van der Waals surface area contributed by atoms with Crippen molar-refractivity contribution in [3.8, 4) is 0 Å². The molecule has 0 aromatic rings. The standard InChI is InChI=1S/C8H17NO3P/c1-4-8(9,13(11)6-3)7(10)12-5-2/h4-6,9H2,1-3H3/q+1. The average molecular weight is 206 g/mol. The molecular formula is C8H17NO3P+. The zero-order chi connectivity index (χ0) is 10.5. The van der Waals surface area contributed by atoms with Crippen LogP contribution in [-0.2, 0) is 14.1 Å². The van der Waals surface area contributed by atoms with Gasteiger partial charge < -0.3 is 4.74 Å². The highest BCUT2D eigenvalue weighted by Crippen LogP contribution is 2.37. The average Bonchev–Trinajstić information content (AvgIpc) is 2.15. The fourth-order valence-corrected chi connectivity index (χ4v) is 2.15. The van der Waals surface area contributed by atoms with E-state index < -0.39 is 19.1 Å². The lowest BCUT2D eigenvalue weighted by Gasteiger charge is -2.14. The van der Waals surface area contributed by atoms with E-state index >= 15 is 0 Å². The third-order valence-electron chi connectivity index (χ3n) is 1.90. The van der Waals surface area contributed by atoms with Crippen LogP contribution in [0.3, 0.4) is 0 Å². The van der Waals surface area contributed by atoms with Gasteiger partial charge in [0.15, 0.2) is 0 Å². The van der Waals surface area contributed by atoms with Crippen LogP contribution in [0.5, 0.6) is 0 Å². The van der Waals surface area contributed by atoms with Gasteiger partial charge in [-0.1, -0.05) is 11.5 Å². The number of carbonyl (C=O) groups is 1. The number of hydrogen-bond acceptors (Lipinski definition) is 4. The van der Waals surface area contributed by atoms with E-state index in [1.165, 1.54) is 0 Å². The van der Waals surface area contributed by atoms with Crippen molar-refractivity contribution in [2.75, 3.05) is 12.8 Å². The zero-order valence-corrected chi connectivity index (χ0v) is 9.27. The normalized spacial score (nSPS) is 16.2. The van der Waals surface area contributed by atoms with Crippen molar-refractivity contribution in [2.45, 2.75) is 32.5 Å². The van der Waals surface area contributed by atoms with Crippen molar-refractivity contribution >= 4 is 13.8 Å². The Morgan fingerprint density at radius 3 is 2.31 bits per heavy atom. The monoisotopic (exact) mass is 206 g/mol. The lowest BCUT2D eigenvalue weighted by Crippen LogP contribution is -2.45. The van der Waals surface area contributed by atoms with E-state index in [-0.39, 0.29) is 6.61 Å². The summed E-state index contributed by atoms with van der Waals surface area (Å²) in [5.41, 5.74) is 5.72. The largest absolute Gasteiger partial charge is 0.461 e. The van der Waals surface area contributed by atoms with Crippen molar-refractivity contribution in [3.05, 3.63) is 0 Å². The van der Waals surface area contributed by atoms with Crippen LogP contribution in [0.15, 0.2) is 0 Å². The maximum absolute atomic E-state index is 11.5. The van der Waals surface area contributed by atoms with Crippen LogP contribution < -0.4 is 5.73 Å². The lowest BCUT2D eigenvalue weighted by atomic mass is 10.2. The fraction of sp³-hybridized carbons (Fsp3) is 0.875. The van der Waals surface area contributed by atoms with Gasteiger partial charge in [-0.25, -0.2) is 4.79 Å². The molecule has 2 N–H and O–H groups in total. The van der Waals surface area contributed by atoms with Crippen molar-refractivity contribution in [3.63, 3.8) is 0 Å². The van der Waals surface area contributed by atoms with Crippen LogP contribution in [0, 0.1) is 0 Å². The molecule has 0 aliphatic carbocycles. The second kappa shape index (κ2) is 5.30. The van der Waals surface area contributed by atoms with E-state index in [1.54, 1.807) is 20.8 Å². The molecule has 0 saturated heterocycles. The van der Waals surface area contributed by atoms with Gasteiger partial charge in [0, 0.05) is 6.42 Å². The molecule has 0 aromatic carbocycles. The molecule has 0 spiro atoms. The molecule has 0 saturated carbocycles. The van der Waals surface area contributed by atoms with Gasteiger partial charge in [0.05, 0.1) is 6.61 Å². The molecule has 5 heteroatoms. The summed E-state index contributed by atoms with van der Waals surface area (Å²) in [6.07, 6.45) is 0.743. The molecule has 2 atom stereocenters. The van der Waals surface area contributed by atoms with Gasteiger partial charge >= 0.3 is 19.1 Å². The fourth-order valence-electron chi connectivity index (χ4n) is 0.961. The molecule has 0 rings (SSSR count). The second-order valence-electron chi connectivity index (χ2n) is 2.69. The second-order valence-corrected chi connectivity index (χ2v) is 4.88. The van der Waals surface area contributed by atoms with Crippen molar-refractivity contribution < 1.29 is 14.1 Å². The first-order valence-electron chi connectivity index (χ1n) is 4.43. The number of rotatable bonds is 5. The van der Waals surface area contributed by atoms with Crippen molar-refractivity contribution in [1.82, 2.24) is 0 Å². The Morgan fingerprint density at radius 2 is 2.00 bits per heavy atom. The molecule has 0 amide bonds. The van der Waals surface area contributed by atoms with Crippen molar-refractivity contribution in [2.24, 2.45) is 5.73 Å². The molecule has 13 heavy (non-hydrogen) atoms. The minimum Gasteiger partial charge on any atom is -0.461 e. The molecule has 0 aliphatic rings. The number of nitrogens with two attached hydrogens (primary N) is 1. The van der Waals surface area contributed by atoms with Gasteiger partial charge in [0.2, 0.25) is 0 Å². The predicted octanol–water partition coefficient (Wildman–Crippen LogP) is 1.46. The van der Waals surface area contributed by atoms with Gasteiger partial charge in [-0.2, -0.15) is 0 Å². The van der Waals surface area contributed by atoms with Crippen LogP contribution in [0.1, 0.15) is 27.2 Å². The molecule has 0 aromatic heterocycles. The first kappa shape index (κ1) is 12.5. The topological polar surface area (TPSA) is 69.4 Å². The van der Waals surface area contributed by atoms with Gasteiger partial charge in [0.25, 0.3) is 0 Å². The number of esters is 1. The molecule has 0 heterocycles. The SMILES string of the molecule is CCOC(=O)C(N)(CC)[P+](=O)CC. The summed E-state index contributed by atoms with van der Waals surface area (Å²) in [6, 6.07) is 0. The van der Waals surface area contributed by atoms with Crippen LogP contribution in [0.25, 0.3) is 0 Å². The van der Waals surface area contributed by atoms with Crippen LogP contribution in [0.4, 0.5) is 0 Å². The lowest BCUT2D eigenvalue weighted by molar-refractivity contribution is -0.146. The third kappa shape index (κ3) is 2.75. The number of hydrogen-bond donors (Lipinski definition) is 1. The highest BCUT2D eigenvalue weighted by atomic mass is 31.1. The highest BCUT2D eigenvalue weighted by Gasteiger charge is 2.51. The van der Waals surface area contributed by atoms with Crippen LogP contribution >= 0.6 is 7.80 Å². The predicted molar refractivity (Wildman–Crippen MR) is 52.0 cm³/mol. The molecule has 76 valence electrons. The van der Waals surface area contributed by atoms with Gasteiger partial charge in [0.1, 0.15) is 6.16 Å². The molecule has 0 aliphatic heterocycles. The Morgan fingerprint density at radius 1 is 1.46 bits per heavy atom. The maximum atomic E-state index is 11.5. The Bertz CT molecular complexity index is 208. The smallest absolute Gasteiger partial charge is 0.376 e. The van der Waals surface area contributed by atoms with Gasteiger partial charge in [-0.15, -0.1) is 0 Å². The zero-order valence-electron chi connectivity index (χ0n) is 8.37. The van der Waals surface area contributed by atoms with E-state index in [2.05, 4.69) is 0 Å². The summed E-state index contributed by atoms with van der Waals surface area (Å²) >= 11 is 0. The van der Waals surface area contributed by atoms with E-state index in [0.29, 0.717) is 12.6 Å². The Balaban J connectivity index is 4.61. The molecule has 0 bridgehead atoms. The summed E-state index contributed by atoms with van der Waals surface area (Å²) in [5, 5.41) is -1.29. The van der Waals surface area contributed by atoms with Gasteiger partial charge in [-0.05, 0) is 13.8 Å². The first-order valence-corrected chi connectivity index (χ1v) is 5.88. The van der Waals surface area contributed by atoms with Crippen LogP contribution in [-0.4, -0.2) is 24.0 Å². The summed E-state index contributed by atoms with van der Waals surface area (Å²) in [5.74, 6) is -0.555. The highest BCUT2D eigenvalue weighted by molar-refractivity contribution is 7.47. The van der Waals surface area contributed by atoms with E-state index in [0.717, 1.165) is 0 Å². The van der Waals surface area contributed by atoms with E-state index in [4.69, 9.17) is 10.5 Å². The van der Waals surface area contributed by atoms with Crippen LogP contribution in [0.2, 0.25) is 0 Å². The van der Waals surface area contributed by atoms with Crippen molar-refractivity contribution in [1.29, 1.82) is 0 Å². The van der Waals surface area contributed by atoms with E-state index in [1.807, 2.05) is 0 Å². The third-order valence-corrected chi connectivity index (χ3v) is 3.86. The summed E-state index contributed by atoms with van der Waals surface area (Å²) in [7, 11) is -1.72. The summed E-state index contributed by atoms with van der Waals surface area (Å²) < 4.78 is 16.3. The number of carbonyl (C=O) groups excluding carboxylic acids is 1. The molecular weight excluding hydrogens is 189 g/mol. The maximum Gasteiger partial charge on any atom is 0.376 e. The molecule has 0 fully saturated rings. The number of ether oxygens (including phenoxy) is 1. The van der Waals surface area contributed by atoms with Gasteiger partial charge in [-0.3, -0.25) is 5.73 Å². The molecule has 0 radical (unpaired) electrons. The first-order chi connectivity index (χ1) is 6.02.